The van der Waals surface area contributed by atoms with Crippen molar-refractivity contribution in [1.29, 1.82) is 0 Å². The maximum Gasteiger partial charge on any atom is 0.255 e. The summed E-state index contributed by atoms with van der Waals surface area (Å²) < 4.78 is 27.6. The van der Waals surface area contributed by atoms with Crippen molar-refractivity contribution in [3.63, 3.8) is 0 Å². The summed E-state index contributed by atoms with van der Waals surface area (Å²) in [7, 11) is -1.98. The molecular formula is C22H28N2O3S. The fourth-order valence-electron chi connectivity index (χ4n) is 3.75. The van der Waals surface area contributed by atoms with Gasteiger partial charge in [0.1, 0.15) is 0 Å². The van der Waals surface area contributed by atoms with Crippen LogP contribution in [0.2, 0.25) is 0 Å². The minimum atomic E-state index is -3.63. The maximum atomic E-state index is 13.1. The van der Waals surface area contributed by atoms with Gasteiger partial charge in [0.25, 0.3) is 5.91 Å². The highest BCUT2D eigenvalue weighted by Gasteiger charge is 2.29. The number of anilines is 1. The predicted octanol–water partition coefficient (Wildman–Crippen LogP) is 4.51. The van der Waals surface area contributed by atoms with Crippen LogP contribution in [-0.4, -0.2) is 31.7 Å². The van der Waals surface area contributed by atoms with E-state index in [0.717, 1.165) is 42.5 Å². The second-order valence-electron chi connectivity index (χ2n) is 7.61. The van der Waals surface area contributed by atoms with Crippen LogP contribution in [0.1, 0.15) is 53.6 Å². The number of sulfonamides is 1. The van der Waals surface area contributed by atoms with E-state index >= 15 is 0 Å². The summed E-state index contributed by atoms with van der Waals surface area (Å²) >= 11 is 0. The van der Waals surface area contributed by atoms with E-state index in [1.165, 1.54) is 16.8 Å². The van der Waals surface area contributed by atoms with Crippen LogP contribution >= 0.6 is 0 Å². The van der Waals surface area contributed by atoms with Crippen molar-refractivity contribution in [2.75, 3.05) is 12.4 Å². The van der Waals surface area contributed by atoms with Crippen molar-refractivity contribution in [2.24, 2.45) is 0 Å². The topological polar surface area (TPSA) is 66.5 Å². The van der Waals surface area contributed by atoms with Crippen LogP contribution in [0.3, 0.4) is 0 Å². The lowest BCUT2D eigenvalue weighted by Gasteiger charge is -2.30. The van der Waals surface area contributed by atoms with Crippen molar-refractivity contribution < 1.29 is 13.2 Å². The zero-order chi connectivity index (χ0) is 20.3. The molecule has 0 radical (unpaired) electrons. The summed E-state index contributed by atoms with van der Waals surface area (Å²) in [5.74, 6) is -0.315. The van der Waals surface area contributed by atoms with Gasteiger partial charge in [-0.1, -0.05) is 43.0 Å². The van der Waals surface area contributed by atoms with E-state index in [1.54, 1.807) is 25.2 Å². The van der Waals surface area contributed by atoms with Gasteiger partial charge in [-0.05, 0) is 56.5 Å². The maximum absolute atomic E-state index is 13.1. The van der Waals surface area contributed by atoms with E-state index in [9.17, 15) is 13.2 Å². The zero-order valence-electron chi connectivity index (χ0n) is 16.7. The SMILES string of the molecule is Cc1ccc(NC(=O)c2cccc(S(=O)(=O)N(C)C3CCCCC3)c2)c(C)c1. The third-order valence-electron chi connectivity index (χ3n) is 5.49. The lowest BCUT2D eigenvalue weighted by Crippen LogP contribution is -2.38. The molecule has 5 nitrogen and oxygen atoms in total. The molecule has 0 unspecified atom stereocenters. The first-order chi connectivity index (χ1) is 13.3. The van der Waals surface area contributed by atoms with Gasteiger partial charge in [-0.2, -0.15) is 4.31 Å². The number of nitrogens with one attached hydrogen (secondary N) is 1. The van der Waals surface area contributed by atoms with Gasteiger partial charge >= 0.3 is 0 Å². The Morgan fingerprint density at radius 2 is 1.75 bits per heavy atom. The molecule has 6 heteroatoms. The molecule has 0 saturated heterocycles. The number of aryl methyl sites for hydroxylation is 2. The monoisotopic (exact) mass is 400 g/mol. The first-order valence-corrected chi connectivity index (χ1v) is 11.2. The standard InChI is InChI=1S/C22H28N2O3S/c1-16-12-13-21(17(2)14-16)23-22(25)18-8-7-11-20(15-18)28(26,27)24(3)19-9-5-4-6-10-19/h7-8,11-15,19H,4-6,9-10H2,1-3H3,(H,23,25). The Balaban J connectivity index is 1.81. The average molecular weight is 401 g/mol. The number of hydrogen-bond donors (Lipinski definition) is 1. The van der Waals surface area contributed by atoms with Gasteiger partial charge < -0.3 is 5.32 Å². The predicted molar refractivity (Wildman–Crippen MR) is 112 cm³/mol. The number of nitrogens with zero attached hydrogens (tertiary/aromatic N) is 1. The minimum absolute atomic E-state index is 0.0337. The molecule has 0 atom stereocenters. The molecular weight excluding hydrogens is 372 g/mol. The average Bonchev–Trinajstić information content (AvgIpc) is 2.70. The Hall–Kier alpha value is -2.18. The van der Waals surface area contributed by atoms with Crippen LogP contribution in [0, 0.1) is 13.8 Å². The molecule has 0 heterocycles. The Morgan fingerprint density at radius 3 is 2.43 bits per heavy atom. The number of carbonyl (C=O) groups is 1. The first kappa shape index (κ1) is 20.6. The molecule has 2 aromatic carbocycles. The van der Waals surface area contributed by atoms with Gasteiger partial charge in [-0.25, -0.2) is 8.42 Å². The van der Waals surface area contributed by atoms with Gasteiger partial charge in [-0.3, -0.25) is 4.79 Å². The molecule has 0 bridgehead atoms. The third-order valence-corrected chi connectivity index (χ3v) is 7.40. The van der Waals surface area contributed by atoms with Gasteiger partial charge in [0.2, 0.25) is 10.0 Å². The van der Waals surface area contributed by atoms with Crippen molar-refractivity contribution >= 4 is 21.6 Å². The molecule has 1 N–H and O–H groups in total. The highest BCUT2D eigenvalue weighted by molar-refractivity contribution is 7.89. The Bertz CT molecular complexity index is 963. The molecule has 0 aliphatic heterocycles. The van der Waals surface area contributed by atoms with Crippen LogP contribution in [0.4, 0.5) is 5.69 Å². The van der Waals surface area contributed by atoms with Crippen LogP contribution in [0.25, 0.3) is 0 Å². The number of hydrogen-bond acceptors (Lipinski definition) is 3. The molecule has 1 aliphatic rings. The van der Waals surface area contributed by atoms with Crippen LogP contribution < -0.4 is 5.32 Å². The second-order valence-corrected chi connectivity index (χ2v) is 9.61. The zero-order valence-corrected chi connectivity index (χ0v) is 17.6. The molecule has 150 valence electrons. The third kappa shape index (κ3) is 4.45. The van der Waals surface area contributed by atoms with Crippen LogP contribution in [-0.2, 0) is 10.0 Å². The molecule has 1 amide bonds. The first-order valence-electron chi connectivity index (χ1n) is 9.76. The van der Waals surface area contributed by atoms with Gasteiger partial charge in [-0.15, -0.1) is 0 Å². The lowest BCUT2D eigenvalue weighted by molar-refractivity contribution is 0.102. The van der Waals surface area contributed by atoms with E-state index in [-0.39, 0.29) is 16.8 Å². The van der Waals surface area contributed by atoms with Gasteiger partial charge in [0.15, 0.2) is 0 Å². The van der Waals surface area contributed by atoms with Crippen molar-refractivity contribution in [3.8, 4) is 0 Å². The van der Waals surface area contributed by atoms with Gasteiger partial charge in [0, 0.05) is 24.3 Å². The van der Waals surface area contributed by atoms with E-state index in [2.05, 4.69) is 5.32 Å². The highest BCUT2D eigenvalue weighted by Crippen LogP contribution is 2.27. The Kier molecular flexibility index (Phi) is 6.20. The van der Waals surface area contributed by atoms with Crippen LogP contribution in [0.5, 0.6) is 0 Å². The Labute approximate surface area is 167 Å². The van der Waals surface area contributed by atoms with E-state index < -0.39 is 10.0 Å². The second kappa shape index (κ2) is 8.45. The number of benzene rings is 2. The molecule has 0 aromatic heterocycles. The van der Waals surface area contributed by atoms with Crippen molar-refractivity contribution in [1.82, 2.24) is 4.31 Å². The number of carbonyl (C=O) groups excluding carboxylic acids is 1. The molecule has 28 heavy (non-hydrogen) atoms. The summed E-state index contributed by atoms with van der Waals surface area (Å²) in [4.78, 5) is 12.8. The molecule has 1 aliphatic carbocycles. The molecule has 2 aromatic rings. The summed E-state index contributed by atoms with van der Waals surface area (Å²) in [5, 5.41) is 2.88. The normalized spacial score (nSPS) is 15.6. The summed E-state index contributed by atoms with van der Waals surface area (Å²) in [6, 6.07) is 12.1. The summed E-state index contributed by atoms with van der Waals surface area (Å²) in [5.41, 5.74) is 3.14. The lowest BCUT2D eigenvalue weighted by atomic mass is 9.96. The van der Waals surface area contributed by atoms with Crippen molar-refractivity contribution in [3.05, 3.63) is 59.2 Å². The molecule has 3 rings (SSSR count). The highest BCUT2D eigenvalue weighted by atomic mass is 32.2. The fourth-order valence-corrected chi connectivity index (χ4v) is 5.22. The molecule has 1 saturated carbocycles. The smallest absolute Gasteiger partial charge is 0.255 e. The quantitative estimate of drug-likeness (QED) is 0.803. The molecule has 0 spiro atoms. The minimum Gasteiger partial charge on any atom is -0.322 e. The molecule has 1 fully saturated rings. The van der Waals surface area contributed by atoms with E-state index in [1.807, 2.05) is 32.0 Å². The van der Waals surface area contributed by atoms with E-state index in [4.69, 9.17) is 0 Å². The van der Waals surface area contributed by atoms with Gasteiger partial charge in [0.05, 0.1) is 4.90 Å². The van der Waals surface area contributed by atoms with Crippen molar-refractivity contribution in [2.45, 2.75) is 56.9 Å². The summed E-state index contributed by atoms with van der Waals surface area (Å²) in [6.07, 6.45) is 5.06. The summed E-state index contributed by atoms with van der Waals surface area (Å²) in [6.45, 7) is 3.93. The fraction of sp³-hybridized carbons (Fsp3) is 0.409. The Morgan fingerprint density at radius 1 is 1.04 bits per heavy atom. The van der Waals surface area contributed by atoms with E-state index in [0.29, 0.717) is 5.56 Å². The largest absolute Gasteiger partial charge is 0.322 e. The number of rotatable bonds is 5. The van der Waals surface area contributed by atoms with Crippen LogP contribution in [0.15, 0.2) is 47.4 Å². The number of amides is 1.